The Morgan fingerprint density at radius 3 is 2.00 bits per heavy atom. The van der Waals surface area contributed by atoms with Crippen molar-refractivity contribution in [3.05, 3.63) is 35.4 Å². The van der Waals surface area contributed by atoms with Crippen LogP contribution in [0.3, 0.4) is 0 Å². The number of nitrogens with zero attached hydrogens (tertiary/aromatic N) is 1. The zero-order chi connectivity index (χ0) is 11.2. The third-order valence-electron chi connectivity index (χ3n) is 3.62. The maximum Gasteiger partial charge on any atom is 0.0991 e. The molecule has 0 amide bonds. The van der Waals surface area contributed by atoms with Gasteiger partial charge in [0, 0.05) is 0 Å². The van der Waals surface area contributed by atoms with E-state index in [1.807, 2.05) is 12.1 Å². The van der Waals surface area contributed by atoms with E-state index in [1.165, 1.54) is 50.5 Å². The van der Waals surface area contributed by atoms with Crippen molar-refractivity contribution in [3.63, 3.8) is 0 Å². The van der Waals surface area contributed by atoms with Gasteiger partial charge in [0.05, 0.1) is 11.6 Å². The van der Waals surface area contributed by atoms with E-state index in [4.69, 9.17) is 5.26 Å². The Bertz CT molecular complexity index is 350. The number of benzene rings is 1. The minimum absolute atomic E-state index is 0.730. The molecule has 1 saturated carbocycles. The lowest BCUT2D eigenvalue weighted by atomic mass is 9.86. The second kappa shape index (κ2) is 5.70. The van der Waals surface area contributed by atoms with Gasteiger partial charge in [-0.1, -0.05) is 44.2 Å². The van der Waals surface area contributed by atoms with Crippen LogP contribution in [0, 0.1) is 11.3 Å². The summed E-state index contributed by atoms with van der Waals surface area (Å²) in [5.41, 5.74) is 2.20. The molecule has 2 rings (SSSR count). The second-order valence-corrected chi connectivity index (χ2v) is 4.78. The molecule has 0 aromatic heterocycles. The van der Waals surface area contributed by atoms with Gasteiger partial charge in [0.25, 0.3) is 0 Å². The third-order valence-corrected chi connectivity index (χ3v) is 3.62. The lowest BCUT2D eigenvalue weighted by Gasteiger charge is -2.19. The van der Waals surface area contributed by atoms with Crippen LogP contribution in [0.2, 0.25) is 0 Å². The zero-order valence-corrected chi connectivity index (χ0v) is 9.78. The quantitative estimate of drug-likeness (QED) is 0.679. The summed E-state index contributed by atoms with van der Waals surface area (Å²) < 4.78 is 0. The van der Waals surface area contributed by atoms with Crippen molar-refractivity contribution in [1.82, 2.24) is 0 Å². The van der Waals surface area contributed by atoms with Gasteiger partial charge in [-0.25, -0.2) is 0 Å². The molecule has 1 fully saturated rings. The van der Waals surface area contributed by atoms with Crippen LogP contribution in [0.1, 0.15) is 62.0 Å². The topological polar surface area (TPSA) is 23.8 Å². The molecule has 0 aliphatic heterocycles. The number of rotatable bonds is 1. The molecule has 1 aromatic carbocycles. The van der Waals surface area contributed by atoms with Crippen molar-refractivity contribution < 1.29 is 0 Å². The number of hydrogen-bond acceptors (Lipinski definition) is 1. The first kappa shape index (κ1) is 11.2. The van der Waals surface area contributed by atoms with Gasteiger partial charge < -0.3 is 0 Å². The molecular formula is C15H19N. The van der Waals surface area contributed by atoms with E-state index in [0.717, 1.165) is 11.5 Å². The third kappa shape index (κ3) is 2.85. The summed E-state index contributed by atoms with van der Waals surface area (Å²) in [4.78, 5) is 0. The molecule has 1 nitrogen and oxygen atoms in total. The first-order chi connectivity index (χ1) is 7.90. The molecular weight excluding hydrogens is 194 g/mol. The van der Waals surface area contributed by atoms with Crippen molar-refractivity contribution >= 4 is 0 Å². The predicted octanol–water partition coefficient (Wildman–Crippen LogP) is 4.39. The fourth-order valence-corrected chi connectivity index (χ4v) is 2.62. The highest BCUT2D eigenvalue weighted by atomic mass is 14.2. The van der Waals surface area contributed by atoms with E-state index >= 15 is 0 Å². The normalized spacial score (nSPS) is 18.4. The number of nitriles is 1. The summed E-state index contributed by atoms with van der Waals surface area (Å²) in [6.45, 7) is 0. The Kier molecular flexibility index (Phi) is 3.99. The van der Waals surface area contributed by atoms with Gasteiger partial charge in [-0.05, 0) is 36.5 Å². The molecule has 0 atom stereocenters. The Labute approximate surface area is 98.1 Å². The molecule has 84 valence electrons. The van der Waals surface area contributed by atoms with E-state index in [2.05, 4.69) is 18.2 Å². The lowest BCUT2D eigenvalue weighted by molar-refractivity contribution is 0.455. The molecule has 0 heterocycles. The average Bonchev–Trinajstić information content (AvgIpc) is 2.29. The van der Waals surface area contributed by atoms with Crippen LogP contribution in [-0.2, 0) is 0 Å². The minimum Gasteiger partial charge on any atom is -0.192 e. The van der Waals surface area contributed by atoms with Crippen molar-refractivity contribution in [2.24, 2.45) is 0 Å². The predicted molar refractivity (Wildman–Crippen MR) is 66.2 cm³/mol. The maximum atomic E-state index is 8.77. The van der Waals surface area contributed by atoms with Gasteiger partial charge in [0.15, 0.2) is 0 Å². The van der Waals surface area contributed by atoms with Gasteiger partial charge in [0.1, 0.15) is 0 Å². The fraction of sp³-hybridized carbons (Fsp3) is 0.533. The maximum absolute atomic E-state index is 8.77. The molecule has 0 radical (unpaired) electrons. The Morgan fingerprint density at radius 2 is 1.44 bits per heavy atom. The van der Waals surface area contributed by atoms with E-state index in [0.29, 0.717) is 0 Å². The van der Waals surface area contributed by atoms with Gasteiger partial charge in [0.2, 0.25) is 0 Å². The Balaban J connectivity index is 2.06. The van der Waals surface area contributed by atoms with Crippen LogP contribution in [0.15, 0.2) is 24.3 Å². The highest BCUT2D eigenvalue weighted by Gasteiger charge is 2.13. The molecule has 1 aliphatic carbocycles. The van der Waals surface area contributed by atoms with Crippen LogP contribution in [-0.4, -0.2) is 0 Å². The summed E-state index contributed by atoms with van der Waals surface area (Å²) >= 11 is 0. The van der Waals surface area contributed by atoms with Gasteiger partial charge >= 0.3 is 0 Å². The SMILES string of the molecule is N#Cc1ccc(C2CCCCCCC2)cc1. The summed E-state index contributed by atoms with van der Waals surface area (Å²) in [5, 5.41) is 8.77. The Morgan fingerprint density at radius 1 is 0.875 bits per heavy atom. The minimum atomic E-state index is 0.730. The molecule has 0 N–H and O–H groups in total. The zero-order valence-electron chi connectivity index (χ0n) is 9.78. The van der Waals surface area contributed by atoms with E-state index in [-0.39, 0.29) is 0 Å². The van der Waals surface area contributed by atoms with Gasteiger partial charge in [-0.15, -0.1) is 0 Å². The number of hydrogen-bond donors (Lipinski definition) is 0. The van der Waals surface area contributed by atoms with Crippen molar-refractivity contribution in [2.75, 3.05) is 0 Å². The van der Waals surface area contributed by atoms with Crippen molar-refractivity contribution in [1.29, 1.82) is 5.26 Å². The molecule has 1 heteroatoms. The second-order valence-electron chi connectivity index (χ2n) is 4.78. The van der Waals surface area contributed by atoms with Crippen LogP contribution < -0.4 is 0 Å². The van der Waals surface area contributed by atoms with Crippen LogP contribution in [0.25, 0.3) is 0 Å². The monoisotopic (exact) mass is 213 g/mol. The van der Waals surface area contributed by atoms with Crippen LogP contribution in [0.5, 0.6) is 0 Å². The Hall–Kier alpha value is -1.29. The molecule has 0 bridgehead atoms. The molecule has 0 saturated heterocycles. The lowest BCUT2D eigenvalue weighted by Crippen LogP contribution is -2.02. The first-order valence-electron chi connectivity index (χ1n) is 6.40. The van der Waals surface area contributed by atoms with Crippen molar-refractivity contribution in [2.45, 2.75) is 50.9 Å². The van der Waals surface area contributed by atoms with E-state index in [9.17, 15) is 0 Å². The summed E-state index contributed by atoms with van der Waals surface area (Å²) in [5.74, 6) is 0.730. The summed E-state index contributed by atoms with van der Waals surface area (Å²) in [6.07, 6.45) is 9.59. The standard InChI is InChI=1S/C15H19N/c16-12-13-8-10-15(11-9-13)14-6-4-2-1-3-5-7-14/h8-11,14H,1-7H2. The highest BCUT2D eigenvalue weighted by Crippen LogP contribution is 2.30. The van der Waals surface area contributed by atoms with E-state index in [1.54, 1.807) is 0 Å². The van der Waals surface area contributed by atoms with Crippen LogP contribution in [0.4, 0.5) is 0 Å². The molecule has 0 spiro atoms. The largest absolute Gasteiger partial charge is 0.192 e. The summed E-state index contributed by atoms with van der Waals surface area (Å²) in [7, 11) is 0. The molecule has 1 aliphatic rings. The fourth-order valence-electron chi connectivity index (χ4n) is 2.62. The first-order valence-corrected chi connectivity index (χ1v) is 6.40. The molecule has 0 unspecified atom stereocenters. The molecule has 16 heavy (non-hydrogen) atoms. The van der Waals surface area contributed by atoms with Crippen molar-refractivity contribution in [3.8, 4) is 6.07 Å². The smallest absolute Gasteiger partial charge is 0.0991 e. The van der Waals surface area contributed by atoms with E-state index < -0.39 is 0 Å². The van der Waals surface area contributed by atoms with Gasteiger partial charge in [-0.2, -0.15) is 5.26 Å². The van der Waals surface area contributed by atoms with Gasteiger partial charge in [-0.3, -0.25) is 0 Å². The van der Waals surface area contributed by atoms with Crippen LogP contribution >= 0.6 is 0 Å². The summed E-state index contributed by atoms with van der Waals surface area (Å²) in [6, 6.07) is 10.4. The molecule has 1 aromatic rings. The average molecular weight is 213 g/mol. The highest BCUT2D eigenvalue weighted by molar-refractivity contribution is 5.33.